The van der Waals surface area contributed by atoms with E-state index in [-0.39, 0.29) is 0 Å². The number of aromatic nitrogens is 1. The Hall–Kier alpha value is -3.48. The fraction of sp³-hybridized carbons (Fsp3) is 0.318. The van der Waals surface area contributed by atoms with E-state index in [2.05, 4.69) is 19.4 Å². The number of pyridine rings is 1. The molecule has 0 fully saturated rings. The van der Waals surface area contributed by atoms with Crippen molar-refractivity contribution in [2.24, 2.45) is 7.05 Å². The van der Waals surface area contributed by atoms with Gasteiger partial charge in [-0.2, -0.15) is 13.0 Å². The molecule has 0 atom stereocenters. The van der Waals surface area contributed by atoms with Gasteiger partial charge in [0.2, 0.25) is 5.52 Å². The fourth-order valence-electron chi connectivity index (χ4n) is 3.20. The molecule has 11 nitrogen and oxygen atoms in total. The number of rotatable bonds is 5. The summed E-state index contributed by atoms with van der Waals surface area (Å²) >= 11 is 0. The van der Waals surface area contributed by atoms with Crippen LogP contribution in [0.25, 0.3) is 21.7 Å². The maximum absolute atomic E-state index is 11.7. The quantitative estimate of drug-likeness (QED) is 0.277. The Bertz CT molecular complexity index is 1220. The molecule has 0 saturated heterocycles. The summed E-state index contributed by atoms with van der Waals surface area (Å²) in [5.41, 5.74) is 3.35. The molecule has 0 spiro atoms. The minimum absolute atomic E-state index is 0.319. The first-order valence-electron chi connectivity index (χ1n) is 10.3. The number of carbonyl (C=O) groups is 2. The van der Waals surface area contributed by atoms with Gasteiger partial charge in [0.15, 0.2) is 5.69 Å². The van der Waals surface area contributed by atoms with Crippen LogP contribution in [0.1, 0.15) is 19.5 Å². The van der Waals surface area contributed by atoms with Crippen LogP contribution in [0.4, 0.5) is 21.0 Å². The van der Waals surface area contributed by atoms with Gasteiger partial charge in [-0.05, 0) is 38.1 Å². The summed E-state index contributed by atoms with van der Waals surface area (Å²) in [6, 6.07) is 11.5. The number of anilines is 2. The molecule has 0 saturated carbocycles. The van der Waals surface area contributed by atoms with E-state index in [9.17, 15) is 18.0 Å². The molecule has 0 aliphatic rings. The number of nitrogens with one attached hydrogen (secondary N) is 2. The van der Waals surface area contributed by atoms with Crippen molar-refractivity contribution >= 4 is 55.6 Å². The monoisotopic (exact) mass is 494 g/mol. The molecule has 1 aromatic heterocycles. The number of hydrogen-bond donors (Lipinski definition) is 3. The average molecular weight is 495 g/mol. The van der Waals surface area contributed by atoms with Crippen LogP contribution in [0.2, 0.25) is 0 Å². The molecule has 0 aliphatic carbocycles. The second kappa shape index (κ2) is 11.6. The van der Waals surface area contributed by atoms with Crippen molar-refractivity contribution in [3.05, 3.63) is 42.1 Å². The Kier molecular flexibility index (Phi) is 9.12. The summed E-state index contributed by atoms with van der Waals surface area (Å²) in [4.78, 5) is 23.4. The third kappa shape index (κ3) is 7.01. The number of fused-ring (bicyclic) bond motifs is 3. The molecule has 184 valence electrons. The van der Waals surface area contributed by atoms with Crippen LogP contribution >= 0.6 is 0 Å². The van der Waals surface area contributed by atoms with Crippen LogP contribution in [0.15, 0.2) is 36.4 Å². The summed E-state index contributed by atoms with van der Waals surface area (Å²) in [7, 11) is -1.32. The van der Waals surface area contributed by atoms with Crippen LogP contribution in [0, 0.1) is 6.92 Å². The van der Waals surface area contributed by atoms with Crippen molar-refractivity contribution in [2.75, 3.05) is 31.0 Å². The predicted octanol–water partition coefficient (Wildman–Crippen LogP) is 3.70. The zero-order valence-electron chi connectivity index (χ0n) is 19.5. The van der Waals surface area contributed by atoms with E-state index in [1.165, 1.54) is 0 Å². The third-order valence-electron chi connectivity index (χ3n) is 4.82. The van der Waals surface area contributed by atoms with Crippen molar-refractivity contribution in [2.45, 2.75) is 20.8 Å². The standard InChI is InChI=1S/C21H23N3O4.CH4O4S/c1-5-27-20(25)22-14-7-9-16-17-10-8-15(23-21(26)28-6-2)12-19(17)24(4)13(3)18(16)11-14;1-5-6(2,3)4/h7-12H,5-6H2,1-4H3,(H,22,25);1H3,(H,2,3,4)/p+1. The van der Waals surface area contributed by atoms with E-state index in [4.69, 9.17) is 14.0 Å². The van der Waals surface area contributed by atoms with Gasteiger partial charge in [0.1, 0.15) is 7.05 Å². The van der Waals surface area contributed by atoms with E-state index in [0.717, 1.165) is 34.5 Å². The van der Waals surface area contributed by atoms with Gasteiger partial charge in [0.25, 0.3) is 0 Å². The van der Waals surface area contributed by atoms with Gasteiger partial charge in [0.05, 0.1) is 36.8 Å². The van der Waals surface area contributed by atoms with Crippen molar-refractivity contribution < 1.29 is 40.8 Å². The second-order valence-electron chi connectivity index (χ2n) is 6.92. The lowest BCUT2D eigenvalue weighted by molar-refractivity contribution is -0.649. The Morgan fingerprint density at radius 2 is 1.38 bits per heavy atom. The Labute approximate surface area is 197 Å². The molecule has 2 amide bonds. The van der Waals surface area contributed by atoms with Crippen molar-refractivity contribution in [3.8, 4) is 0 Å². The molecule has 3 aromatic rings. The normalized spacial score (nSPS) is 10.9. The van der Waals surface area contributed by atoms with Crippen LogP contribution in [0.3, 0.4) is 0 Å². The van der Waals surface area contributed by atoms with Crippen LogP contribution < -0.4 is 15.2 Å². The van der Waals surface area contributed by atoms with E-state index in [1.54, 1.807) is 13.8 Å². The summed E-state index contributed by atoms with van der Waals surface area (Å²) in [6.07, 6.45) is -0.948. The van der Waals surface area contributed by atoms with Gasteiger partial charge in [-0.1, -0.05) is 6.07 Å². The first-order valence-corrected chi connectivity index (χ1v) is 11.6. The van der Waals surface area contributed by atoms with E-state index < -0.39 is 22.6 Å². The minimum Gasteiger partial charge on any atom is -0.450 e. The van der Waals surface area contributed by atoms with Crippen molar-refractivity contribution in [3.63, 3.8) is 0 Å². The summed E-state index contributed by atoms with van der Waals surface area (Å²) in [5.74, 6) is 0. The molecule has 3 N–H and O–H groups in total. The zero-order valence-corrected chi connectivity index (χ0v) is 20.4. The van der Waals surface area contributed by atoms with Gasteiger partial charge >= 0.3 is 22.6 Å². The number of aryl methyl sites for hydroxylation is 2. The number of hydrogen-bond acceptors (Lipinski definition) is 7. The smallest absolute Gasteiger partial charge is 0.411 e. The Balaban J connectivity index is 0.000000604. The van der Waals surface area contributed by atoms with Crippen molar-refractivity contribution in [1.29, 1.82) is 0 Å². The van der Waals surface area contributed by atoms with Gasteiger partial charge in [-0.3, -0.25) is 19.4 Å². The van der Waals surface area contributed by atoms with Crippen LogP contribution in [-0.2, 0) is 31.1 Å². The Morgan fingerprint density at radius 3 is 1.85 bits per heavy atom. The molecule has 0 unspecified atom stereocenters. The Morgan fingerprint density at radius 1 is 0.912 bits per heavy atom. The van der Waals surface area contributed by atoms with Gasteiger partial charge < -0.3 is 9.47 Å². The lowest BCUT2D eigenvalue weighted by Crippen LogP contribution is -2.33. The third-order valence-corrected chi connectivity index (χ3v) is 5.24. The molecule has 2 aromatic carbocycles. The second-order valence-corrected chi connectivity index (χ2v) is 8.11. The highest BCUT2D eigenvalue weighted by atomic mass is 32.3. The molecule has 1 heterocycles. The van der Waals surface area contributed by atoms with Gasteiger partial charge in [0, 0.05) is 24.1 Å². The average Bonchev–Trinajstić information content (AvgIpc) is 2.78. The van der Waals surface area contributed by atoms with Gasteiger partial charge in [-0.25, -0.2) is 9.59 Å². The largest absolute Gasteiger partial charge is 0.450 e. The number of nitrogens with zero attached hydrogens (tertiary/aromatic N) is 1. The molecule has 3 rings (SSSR count). The lowest BCUT2D eigenvalue weighted by atomic mass is 10.0. The topological polar surface area (TPSA) is 144 Å². The van der Waals surface area contributed by atoms with Crippen molar-refractivity contribution in [1.82, 2.24) is 0 Å². The number of amides is 2. The number of carbonyl (C=O) groups excluding carboxylic acids is 2. The summed E-state index contributed by atoms with van der Waals surface area (Å²) < 4.78 is 41.7. The zero-order chi connectivity index (χ0) is 25.5. The van der Waals surface area contributed by atoms with Crippen LogP contribution in [-0.4, -0.2) is 45.5 Å². The van der Waals surface area contributed by atoms with E-state index >= 15 is 0 Å². The first kappa shape index (κ1) is 26.8. The fourth-order valence-corrected chi connectivity index (χ4v) is 3.20. The van der Waals surface area contributed by atoms with Crippen LogP contribution in [0.5, 0.6) is 0 Å². The molecule has 0 aliphatic heterocycles. The molecule has 0 radical (unpaired) electrons. The van der Waals surface area contributed by atoms with E-state index in [1.807, 2.05) is 50.4 Å². The minimum atomic E-state index is -4.16. The summed E-state index contributed by atoms with van der Waals surface area (Å²) in [5, 5.41) is 8.60. The summed E-state index contributed by atoms with van der Waals surface area (Å²) in [6.45, 7) is 6.18. The number of benzene rings is 2. The molecule has 34 heavy (non-hydrogen) atoms. The highest BCUT2D eigenvalue weighted by molar-refractivity contribution is 7.80. The highest BCUT2D eigenvalue weighted by Gasteiger charge is 2.17. The SMILES string of the molecule is CCOC(=O)Nc1ccc2c(c1)c(C)[n+](C)c1cc(NC(=O)OCC)ccc21.COS(=O)(=O)O. The van der Waals surface area contributed by atoms with Gasteiger partial charge in [-0.15, -0.1) is 0 Å². The maximum atomic E-state index is 11.7. The van der Waals surface area contributed by atoms with E-state index in [0.29, 0.717) is 24.6 Å². The molecular formula is C22H28N3O8S+. The highest BCUT2D eigenvalue weighted by Crippen LogP contribution is 2.29. The lowest BCUT2D eigenvalue weighted by Gasteiger charge is -2.11. The maximum Gasteiger partial charge on any atom is 0.411 e. The molecular weight excluding hydrogens is 466 g/mol. The predicted molar refractivity (Wildman–Crippen MR) is 127 cm³/mol. The first-order chi connectivity index (χ1) is 16.0. The molecule has 0 bridgehead atoms. The molecule has 12 heteroatoms. The number of ether oxygens (including phenoxy) is 2.